The molecule has 6 nitrogen and oxygen atoms in total. The standard InChI is InChI=1S/C13H27NO5/c1-10(8-18-5)19-9-11(15)6-14(7-12(16)17)13(2,3)4/h10-11,15H,6-9H2,1-5H3,(H,16,17). The van der Waals surface area contributed by atoms with Gasteiger partial charge in [-0.2, -0.15) is 0 Å². The molecule has 0 rings (SSSR count). The molecule has 0 aromatic rings. The number of methoxy groups -OCH3 is 1. The number of carboxylic acid groups (broad SMARTS) is 1. The predicted molar refractivity (Wildman–Crippen MR) is 72.3 cm³/mol. The van der Waals surface area contributed by atoms with Crippen LogP contribution in [-0.4, -0.2) is 72.2 Å². The first kappa shape index (κ1) is 18.3. The maximum absolute atomic E-state index is 10.8. The van der Waals surface area contributed by atoms with Crippen LogP contribution >= 0.6 is 0 Å². The number of ether oxygens (including phenoxy) is 2. The Balaban J connectivity index is 4.24. The van der Waals surface area contributed by atoms with Crippen molar-refractivity contribution in [1.82, 2.24) is 4.90 Å². The van der Waals surface area contributed by atoms with Gasteiger partial charge in [-0.15, -0.1) is 0 Å². The Morgan fingerprint density at radius 1 is 1.32 bits per heavy atom. The molecule has 0 radical (unpaired) electrons. The van der Waals surface area contributed by atoms with Crippen molar-refractivity contribution >= 4 is 5.97 Å². The lowest BCUT2D eigenvalue weighted by atomic mass is 10.1. The minimum atomic E-state index is -0.907. The highest BCUT2D eigenvalue weighted by Gasteiger charge is 2.25. The maximum atomic E-state index is 10.8. The fourth-order valence-electron chi connectivity index (χ4n) is 1.60. The van der Waals surface area contributed by atoms with Gasteiger partial charge in [0.1, 0.15) is 0 Å². The summed E-state index contributed by atoms with van der Waals surface area (Å²) < 4.78 is 10.3. The Bertz CT molecular complexity index is 264. The first-order valence-electron chi connectivity index (χ1n) is 6.42. The number of nitrogens with zero attached hydrogens (tertiary/aromatic N) is 1. The Hall–Kier alpha value is -0.690. The number of aliphatic hydroxyl groups excluding tert-OH is 1. The van der Waals surface area contributed by atoms with E-state index in [2.05, 4.69) is 0 Å². The van der Waals surface area contributed by atoms with E-state index in [0.717, 1.165) is 0 Å². The second kappa shape index (κ2) is 8.47. The normalized spacial score (nSPS) is 15.5. The van der Waals surface area contributed by atoms with Gasteiger partial charge < -0.3 is 19.7 Å². The molecule has 0 aliphatic heterocycles. The Morgan fingerprint density at radius 2 is 1.89 bits per heavy atom. The summed E-state index contributed by atoms with van der Waals surface area (Å²) in [4.78, 5) is 12.5. The van der Waals surface area contributed by atoms with E-state index in [1.807, 2.05) is 27.7 Å². The van der Waals surface area contributed by atoms with Crippen LogP contribution in [0.25, 0.3) is 0 Å². The second-order valence-electron chi connectivity index (χ2n) is 5.70. The summed E-state index contributed by atoms with van der Waals surface area (Å²) in [6.45, 7) is 8.38. The molecule has 0 aromatic carbocycles. The van der Waals surface area contributed by atoms with Crippen LogP contribution in [0.5, 0.6) is 0 Å². The third-order valence-electron chi connectivity index (χ3n) is 2.68. The summed E-state index contributed by atoms with van der Waals surface area (Å²) in [5.74, 6) is -0.907. The van der Waals surface area contributed by atoms with Crippen LogP contribution < -0.4 is 0 Å². The van der Waals surface area contributed by atoms with Gasteiger partial charge in [-0.25, -0.2) is 0 Å². The maximum Gasteiger partial charge on any atom is 0.317 e. The average molecular weight is 277 g/mol. The van der Waals surface area contributed by atoms with Gasteiger partial charge in [0.25, 0.3) is 0 Å². The molecule has 6 heteroatoms. The monoisotopic (exact) mass is 277 g/mol. The summed E-state index contributed by atoms with van der Waals surface area (Å²) in [5.41, 5.74) is -0.322. The molecule has 0 heterocycles. The predicted octanol–water partition coefficient (Wildman–Crippen LogP) is 0.584. The molecule has 0 saturated heterocycles. The molecule has 2 N–H and O–H groups in total. The highest BCUT2D eigenvalue weighted by molar-refractivity contribution is 5.69. The number of carboxylic acids is 1. The van der Waals surface area contributed by atoms with Crippen molar-refractivity contribution in [3.63, 3.8) is 0 Å². The minimum absolute atomic E-state index is 0.0952. The molecule has 0 fully saturated rings. The van der Waals surface area contributed by atoms with E-state index >= 15 is 0 Å². The summed E-state index contributed by atoms with van der Waals surface area (Å²) in [6.07, 6.45) is -0.819. The Morgan fingerprint density at radius 3 is 2.32 bits per heavy atom. The van der Waals surface area contributed by atoms with Crippen LogP contribution in [-0.2, 0) is 14.3 Å². The average Bonchev–Trinajstić information content (AvgIpc) is 2.24. The fourth-order valence-corrected chi connectivity index (χ4v) is 1.60. The Kier molecular flexibility index (Phi) is 8.17. The molecule has 0 spiro atoms. The smallest absolute Gasteiger partial charge is 0.317 e. The van der Waals surface area contributed by atoms with Crippen LogP contribution in [0.3, 0.4) is 0 Å². The summed E-state index contributed by atoms with van der Waals surface area (Å²) in [5, 5.41) is 18.8. The topological polar surface area (TPSA) is 79.2 Å². The van der Waals surface area contributed by atoms with Gasteiger partial charge in [0, 0.05) is 19.2 Å². The molecule has 0 aliphatic rings. The van der Waals surface area contributed by atoms with Gasteiger partial charge in [0.2, 0.25) is 0 Å². The number of rotatable bonds is 9. The molecule has 19 heavy (non-hydrogen) atoms. The largest absolute Gasteiger partial charge is 0.480 e. The van der Waals surface area contributed by atoms with E-state index in [4.69, 9.17) is 14.6 Å². The van der Waals surface area contributed by atoms with Crippen LogP contribution in [0, 0.1) is 0 Å². The van der Waals surface area contributed by atoms with Crippen molar-refractivity contribution < 1.29 is 24.5 Å². The summed E-state index contributed by atoms with van der Waals surface area (Å²) in [7, 11) is 1.59. The molecule has 0 amide bonds. The highest BCUT2D eigenvalue weighted by atomic mass is 16.5. The zero-order valence-electron chi connectivity index (χ0n) is 12.5. The second-order valence-corrected chi connectivity index (χ2v) is 5.70. The third kappa shape index (κ3) is 8.93. The summed E-state index contributed by atoms with van der Waals surface area (Å²) >= 11 is 0. The number of hydrogen-bond acceptors (Lipinski definition) is 5. The van der Waals surface area contributed by atoms with E-state index in [-0.39, 0.29) is 31.3 Å². The molecule has 2 unspecified atom stereocenters. The van der Waals surface area contributed by atoms with Gasteiger partial charge >= 0.3 is 5.97 Å². The molecule has 114 valence electrons. The van der Waals surface area contributed by atoms with Crippen LogP contribution in [0.2, 0.25) is 0 Å². The molecular formula is C13H27NO5. The van der Waals surface area contributed by atoms with Crippen molar-refractivity contribution in [2.45, 2.75) is 45.4 Å². The number of aliphatic hydroxyl groups is 1. The number of hydrogen-bond donors (Lipinski definition) is 2. The number of β-amino-alcohol motifs (C(OH)–C–C–N with tert-alkyl or cyclic N) is 1. The van der Waals surface area contributed by atoms with Gasteiger partial charge in [0.15, 0.2) is 0 Å². The zero-order valence-corrected chi connectivity index (χ0v) is 12.5. The van der Waals surface area contributed by atoms with Crippen molar-refractivity contribution in [1.29, 1.82) is 0 Å². The first-order chi connectivity index (χ1) is 8.66. The van der Waals surface area contributed by atoms with Gasteiger partial charge in [0.05, 0.1) is 32.0 Å². The van der Waals surface area contributed by atoms with Gasteiger partial charge in [-0.1, -0.05) is 0 Å². The first-order valence-corrected chi connectivity index (χ1v) is 6.42. The third-order valence-corrected chi connectivity index (χ3v) is 2.68. The quantitative estimate of drug-likeness (QED) is 0.642. The number of aliphatic carboxylic acids is 1. The fraction of sp³-hybridized carbons (Fsp3) is 0.923. The molecule has 0 bridgehead atoms. The lowest BCUT2D eigenvalue weighted by Crippen LogP contribution is -2.49. The van der Waals surface area contributed by atoms with E-state index in [1.54, 1.807) is 12.0 Å². The molecular weight excluding hydrogens is 250 g/mol. The molecule has 0 saturated carbocycles. The van der Waals surface area contributed by atoms with Crippen molar-refractivity contribution in [2.24, 2.45) is 0 Å². The van der Waals surface area contributed by atoms with E-state index in [1.165, 1.54) is 0 Å². The molecule has 0 aliphatic carbocycles. The van der Waals surface area contributed by atoms with E-state index < -0.39 is 12.1 Å². The van der Waals surface area contributed by atoms with Crippen molar-refractivity contribution in [3.05, 3.63) is 0 Å². The lowest BCUT2D eigenvalue weighted by molar-refractivity contribution is -0.140. The molecule has 2 atom stereocenters. The minimum Gasteiger partial charge on any atom is -0.480 e. The Labute approximate surface area is 115 Å². The highest BCUT2D eigenvalue weighted by Crippen LogP contribution is 2.13. The molecule has 0 aromatic heterocycles. The van der Waals surface area contributed by atoms with Crippen molar-refractivity contribution in [2.75, 3.05) is 33.4 Å². The zero-order chi connectivity index (χ0) is 15.1. The SMILES string of the molecule is COCC(C)OCC(O)CN(CC(=O)O)C(C)(C)C. The number of carbonyl (C=O) groups is 1. The lowest BCUT2D eigenvalue weighted by Gasteiger charge is -2.35. The van der Waals surface area contributed by atoms with E-state index in [9.17, 15) is 9.90 Å². The van der Waals surface area contributed by atoms with Crippen LogP contribution in [0.4, 0.5) is 0 Å². The van der Waals surface area contributed by atoms with Gasteiger partial charge in [-0.3, -0.25) is 9.69 Å². The van der Waals surface area contributed by atoms with Crippen LogP contribution in [0.15, 0.2) is 0 Å². The van der Waals surface area contributed by atoms with Gasteiger partial charge in [-0.05, 0) is 27.7 Å². The van der Waals surface area contributed by atoms with Crippen LogP contribution in [0.1, 0.15) is 27.7 Å². The van der Waals surface area contributed by atoms with E-state index in [0.29, 0.717) is 6.61 Å². The summed E-state index contributed by atoms with van der Waals surface area (Å²) in [6, 6.07) is 0. The van der Waals surface area contributed by atoms with Crippen molar-refractivity contribution in [3.8, 4) is 0 Å².